The van der Waals surface area contributed by atoms with Crippen LogP contribution in [0.25, 0.3) is 0 Å². The van der Waals surface area contributed by atoms with Gasteiger partial charge in [-0.25, -0.2) is 0 Å². The van der Waals surface area contributed by atoms with Crippen LogP contribution in [0, 0.1) is 0 Å². The van der Waals surface area contributed by atoms with Gasteiger partial charge in [-0.1, -0.05) is 0 Å². The van der Waals surface area contributed by atoms with Crippen molar-refractivity contribution in [3.63, 3.8) is 0 Å². The van der Waals surface area contributed by atoms with Gasteiger partial charge < -0.3 is 0 Å². The molecule has 0 saturated carbocycles. The third-order valence-electron chi connectivity index (χ3n) is 0. The average molecular weight is 216 g/mol. The van der Waals surface area contributed by atoms with E-state index in [1.165, 1.54) is 0 Å². The molecule has 0 aliphatic rings. The minimum absolute atomic E-state index is 0. The zero-order valence-corrected chi connectivity index (χ0v) is 0. The summed E-state index contributed by atoms with van der Waals surface area (Å²) < 4.78 is 0. The molecule has 0 spiro atoms. The van der Waals surface area contributed by atoms with Gasteiger partial charge in [0.1, 0.15) is 0 Å². The van der Waals surface area contributed by atoms with Gasteiger partial charge in [0.2, 0.25) is 0 Å². The molecule has 0 amide bonds. The van der Waals surface area contributed by atoms with E-state index in [1.54, 1.807) is 0 Å². The standard InChI is InChI=1S/3K.4Na.7H. The summed E-state index contributed by atoms with van der Waals surface area (Å²) in [6.45, 7) is 0. The van der Waals surface area contributed by atoms with Crippen LogP contribution in [-0.4, -0.2) is 272 Å². The first kappa shape index (κ1) is 44.6. The molecule has 0 bridgehead atoms. The van der Waals surface area contributed by atoms with Crippen molar-refractivity contribution in [2.45, 2.75) is 0 Å². The minimum atomic E-state index is 0. The molecule has 7 heteroatoms. The molecule has 0 aromatic heterocycles. The Morgan fingerprint density at radius 1 is 0.286 bits per heavy atom. The second-order valence-corrected chi connectivity index (χ2v) is 0. The van der Waals surface area contributed by atoms with Gasteiger partial charge in [-0.05, 0) is 0 Å². The maximum atomic E-state index is 0. The molecule has 0 radical (unpaired) electrons. The van der Waals surface area contributed by atoms with E-state index in [2.05, 4.69) is 0 Å². The van der Waals surface area contributed by atoms with Crippen LogP contribution < -0.4 is 0 Å². The Bertz CT molecular complexity index is 6.90. The fraction of sp³-hybridized carbons (Fsp3) is 0. The Balaban J connectivity index is 0. The molecule has 7 heavy (non-hydrogen) atoms. The summed E-state index contributed by atoms with van der Waals surface area (Å²) in [5.41, 5.74) is 0. The predicted octanol–water partition coefficient (Wildman–Crippen LogP) is -4.54. The summed E-state index contributed by atoms with van der Waals surface area (Å²) in [4.78, 5) is 0. The average Bonchev–Trinajstić information content (AvgIpc) is 0. The van der Waals surface area contributed by atoms with E-state index in [-0.39, 0.29) is 272 Å². The molecule has 0 aliphatic carbocycles. The normalized spacial score (nSPS) is 0. The topological polar surface area (TPSA) is 0 Å². The number of hydrogen-bond acceptors (Lipinski definition) is 0. The Morgan fingerprint density at radius 2 is 0.286 bits per heavy atom. The molecule has 0 aromatic carbocycles. The van der Waals surface area contributed by atoms with Gasteiger partial charge in [0.05, 0.1) is 0 Å². The first-order valence-electron chi connectivity index (χ1n) is 0. The number of rotatable bonds is 0. The van der Waals surface area contributed by atoms with Crippen molar-refractivity contribution in [2.75, 3.05) is 0 Å². The SMILES string of the molecule is [KH].[KH].[KH].[NaH].[NaH].[NaH].[NaH]. The van der Waals surface area contributed by atoms with Crippen LogP contribution in [0.5, 0.6) is 0 Å². The van der Waals surface area contributed by atoms with Gasteiger partial charge >= 0.3 is 272 Å². The second kappa shape index (κ2) is 36.3. The monoisotopic (exact) mass is 216 g/mol. The quantitative estimate of drug-likeness (QED) is 0.358. The van der Waals surface area contributed by atoms with Gasteiger partial charge in [-0.2, -0.15) is 0 Å². The molecule has 0 aromatic rings. The fourth-order valence-electron chi connectivity index (χ4n) is 0. The fourth-order valence-corrected chi connectivity index (χ4v) is 0. The Morgan fingerprint density at radius 3 is 0.286 bits per heavy atom. The molecular formula is H7K3Na4. The molecule has 0 aliphatic heterocycles. The zero-order chi connectivity index (χ0) is 0. The van der Waals surface area contributed by atoms with E-state index in [0.29, 0.717) is 0 Å². The summed E-state index contributed by atoms with van der Waals surface area (Å²) in [7, 11) is 0. The molecule has 14 valence electrons. The molecule has 0 atom stereocenters. The van der Waals surface area contributed by atoms with E-state index in [0.717, 1.165) is 0 Å². The van der Waals surface area contributed by atoms with Crippen molar-refractivity contribution in [1.82, 2.24) is 0 Å². The van der Waals surface area contributed by atoms with Crippen LogP contribution in [0.1, 0.15) is 0 Å². The molecule has 0 N–H and O–H groups in total. The molecular weight excluding hydrogens is 209 g/mol. The van der Waals surface area contributed by atoms with Crippen LogP contribution in [0.4, 0.5) is 0 Å². The van der Waals surface area contributed by atoms with Crippen LogP contribution in [0.3, 0.4) is 0 Å². The summed E-state index contributed by atoms with van der Waals surface area (Å²) in [6.07, 6.45) is 0. The summed E-state index contributed by atoms with van der Waals surface area (Å²) in [6, 6.07) is 0. The Labute approximate surface area is 262 Å². The van der Waals surface area contributed by atoms with Crippen LogP contribution in [-0.2, 0) is 0 Å². The predicted molar refractivity (Wildman–Crippen MR) is 50.0 cm³/mol. The van der Waals surface area contributed by atoms with E-state index in [1.807, 2.05) is 0 Å². The van der Waals surface area contributed by atoms with Crippen molar-refractivity contribution in [3.8, 4) is 0 Å². The molecule has 0 fully saturated rings. The Hall–Kier alpha value is 8.91. The van der Waals surface area contributed by atoms with Gasteiger partial charge in [0.15, 0.2) is 0 Å². The molecule has 0 nitrogen and oxygen atoms in total. The summed E-state index contributed by atoms with van der Waals surface area (Å²) >= 11 is 0. The maximum absolute atomic E-state index is 0. The molecule has 0 saturated heterocycles. The third-order valence-corrected chi connectivity index (χ3v) is 0. The Kier molecular flexibility index (Phi) is 231. The van der Waals surface area contributed by atoms with Crippen LogP contribution in [0.2, 0.25) is 0 Å². The molecule has 0 rings (SSSR count). The third kappa shape index (κ3) is 31.3. The van der Waals surface area contributed by atoms with Gasteiger partial charge in [0, 0.05) is 0 Å². The van der Waals surface area contributed by atoms with Gasteiger partial charge in [-0.3, -0.25) is 0 Å². The summed E-state index contributed by atoms with van der Waals surface area (Å²) in [5, 5.41) is 0. The number of hydrogen-bond donors (Lipinski definition) is 0. The van der Waals surface area contributed by atoms with Crippen LogP contribution >= 0.6 is 0 Å². The van der Waals surface area contributed by atoms with E-state index >= 15 is 0 Å². The van der Waals surface area contributed by atoms with E-state index in [4.69, 9.17) is 0 Å². The molecule has 0 heterocycles. The van der Waals surface area contributed by atoms with Crippen LogP contribution in [0.15, 0.2) is 0 Å². The zero-order valence-electron chi connectivity index (χ0n) is 0. The van der Waals surface area contributed by atoms with Crippen molar-refractivity contribution >= 4 is 272 Å². The van der Waals surface area contributed by atoms with E-state index in [9.17, 15) is 0 Å². The molecule has 0 unspecified atom stereocenters. The van der Waals surface area contributed by atoms with Crippen molar-refractivity contribution in [1.29, 1.82) is 0 Å². The van der Waals surface area contributed by atoms with E-state index < -0.39 is 0 Å². The first-order chi connectivity index (χ1) is 0. The second-order valence-electron chi connectivity index (χ2n) is 0. The first-order valence-corrected chi connectivity index (χ1v) is 0. The van der Waals surface area contributed by atoms with Crippen molar-refractivity contribution in [3.05, 3.63) is 0 Å². The van der Waals surface area contributed by atoms with Gasteiger partial charge in [-0.15, -0.1) is 0 Å². The van der Waals surface area contributed by atoms with Crippen molar-refractivity contribution < 1.29 is 0 Å². The summed E-state index contributed by atoms with van der Waals surface area (Å²) in [5.74, 6) is 0. The van der Waals surface area contributed by atoms with Gasteiger partial charge in [0.25, 0.3) is 0 Å². The van der Waals surface area contributed by atoms with Crippen molar-refractivity contribution in [2.24, 2.45) is 0 Å².